The lowest BCUT2D eigenvalue weighted by Gasteiger charge is -2.11. The molecular formula is C24H18N6O2S3. The number of nitrogens with one attached hydrogen (secondary N) is 1. The Morgan fingerprint density at radius 2 is 1.97 bits per heavy atom. The van der Waals surface area contributed by atoms with Crippen LogP contribution in [-0.4, -0.2) is 28.7 Å². The number of ether oxygens (including phenoxy) is 1. The summed E-state index contributed by atoms with van der Waals surface area (Å²) in [4.78, 5) is 21.3. The molecule has 174 valence electrons. The van der Waals surface area contributed by atoms with Crippen molar-refractivity contribution in [3.8, 4) is 40.3 Å². The summed E-state index contributed by atoms with van der Waals surface area (Å²) < 4.78 is 5.38. The Morgan fingerprint density at radius 1 is 1.17 bits per heavy atom. The Bertz CT molecular complexity index is 1450. The minimum absolute atomic E-state index is 0.0614. The molecule has 11 heteroatoms. The fourth-order valence-corrected chi connectivity index (χ4v) is 5.64. The molecular weight excluding hydrogens is 501 g/mol. The molecule has 1 aromatic carbocycles. The summed E-state index contributed by atoms with van der Waals surface area (Å²) in [6, 6.07) is 13.6. The highest BCUT2D eigenvalue weighted by Crippen LogP contribution is 2.37. The fraction of sp³-hybridized carbons (Fsp3) is 0.125. The maximum Gasteiger partial charge on any atom is 0.226 e. The van der Waals surface area contributed by atoms with Crippen molar-refractivity contribution in [2.75, 3.05) is 23.9 Å². The third kappa shape index (κ3) is 5.28. The van der Waals surface area contributed by atoms with Crippen LogP contribution in [0.1, 0.15) is 17.5 Å². The number of pyridine rings is 1. The summed E-state index contributed by atoms with van der Waals surface area (Å²) in [6.45, 7) is 0. The highest BCUT2D eigenvalue weighted by atomic mass is 32.2. The number of thioether (sulfide) groups is 1. The summed E-state index contributed by atoms with van der Waals surface area (Å²) in [5.41, 5.74) is 9.25. The van der Waals surface area contributed by atoms with Crippen LogP contribution in [0, 0.1) is 22.7 Å². The molecule has 4 rings (SSSR count). The Hall–Kier alpha value is -3.90. The Balaban J connectivity index is 1.44. The molecule has 3 N–H and O–H groups in total. The summed E-state index contributed by atoms with van der Waals surface area (Å²) in [7, 11) is 1.60. The van der Waals surface area contributed by atoms with Gasteiger partial charge >= 0.3 is 0 Å². The van der Waals surface area contributed by atoms with E-state index in [9.17, 15) is 15.3 Å². The SMILES string of the molecule is COc1ccccc1-c1csc(NC(=O)CCSc2nc(N)c(C#N)c(-c3ccsc3)c2C#N)n1. The third-order valence-corrected chi connectivity index (χ3v) is 7.34. The van der Waals surface area contributed by atoms with E-state index in [0.717, 1.165) is 11.1 Å². The summed E-state index contributed by atoms with van der Waals surface area (Å²) in [5, 5.41) is 28.6. The lowest BCUT2D eigenvalue weighted by atomic mass is 9.99. The molecule has 0 bridgehead atoms. The van der Waals surface area contributed by atoms with Gasteiger partial charge in [0.2, 0.25) is 5.91 Å². The number of carbonyl (C=O) groups excluding carboxylic acids is 1. The number of aromatic nitrogens is 2. The van der Waals surface area contributed by atoms with Crippen LogP contribution >= 0.6 is 34.4 Å². The maximum atomic E-state index is 12.5. The number of para-hydroxylation sites is 1. The zero-order chi connectivity index (χ0) is 24.8. The van der Waals surface area contributed by atoms with Crippen molar-refractivity contribution in [3.63, 3.8) is 0 Å². The number of nitriles is 2. The minimum Gasteiger partial charge on any atom is -0.496 e. The number of amides is 1. The zero-order valence-corrected chi connectivity index (χ0v) is 20.9. The van der Waals surface area contributed by atoms with Gasteiger partial charge in [-0.1, -0.05) is 12.1 Å². The third-order valence-electron chi connectivity index (χ3n) is 4.93. The molecule has 0 aliphatic rings. The first kappa shape index (κ1) is 24.2. The minimum atomic E-state index is -0.211. The fourth-order valence-electron chi connectivity index (χ4n) is 3.33. The zero-order valence-electron chi connectivity index (χ0n) is 18.4. The Labute approximate surface area is 214 Å². The van der Waals surface area contributed by atoms with Crippen LogP contribution in [0.2, 0.25) is 0 Å². The highest BCUT2D eigenvalue weighted by molar-refractivity contribution is 7.99. The second kappa shape index (κ2) is 11.0. The molecule has 4 aromatic rings. The Morgan fingerprint density at radius 3 is 2.69 bits per heavy atom. The van der Waals surface area contributed by atoms with Crippen molar-refractivity contribution in [2.45, 2.75) is 11.4 Å². The quantitative estimate of drug-likeness (QED) is 0.296. The van der Waals surface area contributed by atoms with E-state index in [4.69, 9.17) is 10.5 Å². The maximum absolute atomic E-state index is 12.5. The van der Waals surface area contributed by atoms with Crippen molar-refractivity contribution in [1.82, 2.24) is 9.97 Å². The van der Waals surface area contributed by atoms with Crippen LogP contribution in [-0.2, 0) is 4.79 Å². The molecule has 1 amide bonds. The van der Waals surface area contributed by atoms with Gasteiger partial charge in [-0.15, -0.1) is 23.1 Å². The van der Waals surface area contributed by atoms with Crippen LogP contribution in [0.25, 0.3) is 22.4 Å². The number of nitrogens with zero attached hydrogens (tertiary/aromatic N) is 4. The van der Waals surface area contributed by atoms with Gasteiger partial charge in [0.15, 0.2) is 5.13 Å². The van der Waals surface area contributed by atoms with Crippen LogP contribution in [0.3, 0.4) is 0 Å². The van der Waals surface area contributed by atoms with Gasteiger partial charge in [-0.3, -0.25) is 4.79 Å². The Kier molecular flexibility index (Phi) is 7.63. The highest BCUT2D eigenvalue weighted by Gasteiger charge is 2.21. The molecule has 0 radical (unpaired) electrons. The predicted molar refractivity (Wildman–Crippen MR) is 139 cm³/mol. The van der Waals surface area contributed by atoms with E-state index in [1.54, 1.807) is 7.11 Å². The topological polar surface area (TPSA) is 138 Å². The van der Waals surface area contributed by atoms with E-state index in [-0.39, 0.29) is 29.3 Å². The molecule has 0 spiro atoms. The number of methoxy groups -OCH3 is 1. The molecule has 0 fully saturated rings. The molecule has 0 aliphatic heterocycles. The van der Waals surface area contributed by atoms with Gasteiger partial charge in [0.05, 0.1) is 18.4 Å². The van der Waals surface area contributed by atoms with E-state index >= 15 is 0 Å². The number of nitrogen functional groups attached to an aromatic ring is 1. The van der Waals surface area contributed by atoms with Crippen molar-refractivity contribution in [3.05, 3.63) is 57.6 Å². The largest absolute Gasteiger partial charge is 0.496 e. The van der Waals surface area contributed by atoms with Gasteiger partial charge in [0.1, 0.15) is 34.3 Å². The smallest absolute Gasteiger partial charge is 0.226 e. The molecule has 0 unspecified atom stereocenters. The van der Waals surface area contributed by atoms with E-state index in [2.05, 4.69) is 27.4 Å². The van der Waals surface area contributed by atoms with Crippen LogP contribution in [0.4, 0.5) is 10.9 Å². The first-order valence-electron chi connectivity index (χ1n) is 10.2. The average Bonchev–Trinajstić information content (AvgIpc) is 3.56. The summed E-state index contributed by atoms with van der Waals surface area (Å²) in [6.07, 6.45) is 0.175. The molecule has 0 saturated heterocycles. The molecule has 8 nitrogen and oxygen atoms in total. The second-order valence-corrected chi connectivity index (χ2v) is 9.77. The molecule has 35 heavy (non-hydrogen) atoms. The van der Waals surface area contributed by atoms with Crippen LogP contribution in [0.15, 0.2) is 51.5 Å². The van der Waals surface area contributed by atoms with Crippen LogP contribution in [0.5, 0.6) is 5.75 Å². The normalized spacial score (nSPS) is 10.4. The summed E-state index contributed by atoms with van der Waals surface area (Å²) >= 11 is 4.03. The van der Waals surface area contributed by atoms with Gasteiger partial charge in [0, 0.05) is 28.7 Å². The van der Waals surface area contributed by atoms with E-state index < -0.39 is 0 Å². The van der Waals surface area contributed by atoms with Gasteiger partial charge in [0.25, 0.3) is 0 Å². The number of hydrogen-bond donors (Lipinski definition) is 2. The molecule has 0 aliphatic carbocycles. The first-order valence-corrected chi connectivity index (χ1v) is 13.0. The van der Waals surface area contributed by atoms with Crippen molar-refractivity contribution in [2.24, 2.45) is 0 Å². The van der Waals surface area contributed by atoms with Crippen molar-refractivity contribution < 1.29 is 9.53 Å². The number of thiazole rings is 1. The number of thiophene rings is 1. The molecule has 3 aromatic heterocycles. The van der Waals surface area contributed by atoms with Gasteiger partial charge in [-0.05, 0) is 34.5 Å². The second-order valence-electron chi connectivity index (χ2n) is 7.05. The van der Waals surface area contributed by atoms with E-state index in [1.807, 2.05) is 46.5 Å². The van der Waals surface area contributed by atoms with Gasteiger partial charge in [-0.25, -0.2) is 9.97 Å². The van der Waals surface area contributed by atoms with Crippen molar-refractivity contribution in [1.29, 1.82) is 10.5 Å². The van der Waals surface area contributed by atoms with E-state index in [1.165, 1.54) is 34.4 Å². The molecule has 3 heterocycles. The molecule has 0 saturated carbocycles. The number of hydrogen-bond acceptors (Lipinski definition) is 10. The lowest BCUT2D eigenvalue weighted by Crippen LogP contribution is -2.12. The summed E-state index contributed by atoms with van der Waals surface area (Å²) in [5.74, 6) is 0.923. The number of nitrogens with two attached hydrogens (primary N) is 1. The number of rotatable bonds is 8. The lowest BCUT2D eigenvalue weighted by molar-refractivity contribution is -0.115. The predicted octanol–water partition coefficient (Wildman–Crippen LogP) is 5.39. The number of anilines is 2. The number of benzene rings is 1. The van der Waals surface area contributed by atoms with Gasteiger partial charge < -0.3 is 15.8 Å². The first-order chi connectivity index (χ1) is 17.0. The standard InChI is InChI=1S/C24H18N6O2S3/c1-32-19-5-3-2-4-15(19)18-13-35-24(28-18)29-20(31)7-9-34-23-17(11-26)21(14-6-8-33-12-14)16(10-25)22(27)30-23/h2-6,8,12-13H,7,9H2,1H3,(H2,27,30)(H,28,29,31). The van der Waals surface area contributed by atoms with Crippen molar-refractivity contribution >= 4 is 51.3 Å². The monoisotopic (exact) mass is 518 g/mol. The molecule has 0 atom stereocenters. The van der Waals surface area contributed by atoms with Crippen LogP contribution < -0.4 is 15.8 Å². The van der Waals surface area contributed by atoms with E-state index in [0.29, 0.717) is 32.9 Å². The average molecular weight is 519 g/mol. The number of carbonyl (C=O) groups is 1. The van der Waals surface area contributed by atoms with Gasteiger partial charge in [-0.2, -0.15) is 21.9 Å².